The molecule has 0 aliphatic heterocycles. The largest absolute Gasteiger partial charge is 0.464 e. The number of esters is 1. The predicted octanol–water partition coefficient (Wildman–Crippen LogP) is -0.0669. The van der Waals surface area contributed by atoms with E-state index in [4.69, 9.17) is 0 Å². The number of aromatic nitrogens is 3. The van der Waals surface area contributed by atoms with Crippen molar-refractivity contribution in [1.29, 1.82) is 0 Å². The van der Waals surface area contributed by atoms with E-state index in [-0.39, 0.29) is 11.6 Å². The number of amides is 1. The van der Waals surface area contributed by atoms with Crippen molar-refractivity contribution in [2.24, 2.45) is 0 Å². The first kappa shape index (κ1) is 13.1. The molecular weight excluding hydrogens is 224 g/mol. The highest BCUT2D eigenvalue weighted by molar-refractivity contribution is 5.86. The molecule has 7 heteroatoms. The molecule has 0 bridgehead atoms. The van der Waals surface area contributed by atoms with Crippen LogP contribution in [0.25, 0.3) is 0 Å². The average Bonchev–Trinajstić information content (AvgIpc) is 2.76. The number of hydrogen-bond donors (Lipinski definition) is 0. The van der Waals surface area contributed by atoms with Gasteiger partial charge in [0, 0.05) is 27.1 Å². The Hall–Kier alpha value is -1.92. The van der Waals surface area contributed by atoms with Crippen LogP contribution >= 0.6 is 0 Å². The summed E-state index contributed by atoms with van der Waals surface area (Å²) in [4.78, 5) is 23.9. The maximum atomic E-state index is 11.3. The van der Waals surface area contributed by atoms with E-state index in [0.29, 0.717) is 19.4 Å². The van der Waals surface area contributed by atoms with Crippen molar-refractivity contribution >= 4 is 11.9 Å². The van der Waals surface area contributed by atoms with Gasteiger partial charge in [-0.25, -0.2) is 4.79 Å². The molecule has 7 nitrogen and oxygen atoms in total. The molecule has 0 fully saturated rings. The smallest absolute Gasteiger partial charge is 0.360 e. The Morgan fingerprint density at radius 2 is 2.18 bits per heavy atom. The summed E-state index contributed by atoms with van der Waals surface area (Å²) in [5, 5.41) is 7.43. The molecule has 0 radical (unpaired) electrons. The van der Waals surface area contributed by atoms with Crippen molar-refractivity contribution in [2.75, 3.05) is 21.2 Å². The topological polar surface area (TPSA) is 77.3 Å². The summed E-state index contributed by atoms with van der Waals surface area (Å²) in [6.07, 6.45) is 2.60. The molecule has 1 aromatic rings. The number of carbonyl (C=O) groups is 2. The van der Waals surface area contributed by atoms with Gasteiger partial charge in [-0.05, 0) is 6.42 Å². The van der Waals surface area contributed by atoms with Gasteiger partial charge in [-0.1, -0.05) is 5.21 Å². The third-order valence-electron chi connectivity index (χ3n) is 2.21. The van der Waals surface area contributed by atoms with E-state index in [1.165, 1.54) is 18.0 Å². The third-order valence-corrected chi connectivity index (χ3v) is 2.21. The molecule has 94 valence electrons. The van der Waals surface area contributed by atoms with Crippen LogP contribution < -0.4 is 0 Å². The molecule has 0 atom stereocenters. The number of aryl methyl sites for hydroxylation is 1. The van der Waals surface area contributed by atoms with Crippen LogP contribution in [0.3, 0.4) is 0 Å². The van der Waals surface area contributed by atoms with Crippen LogP contribution in [0.5, 0.6) is 0 Å². The van der Waals surface area contributed by atoms with Crippen LogP contribution in [-0.4, -0.2) is 53.0 Å². The summed E-state index contributed by atoms with van der Waals surface area (Å²) < 4.78 is 6.03. The number of rotatable bonds is 5. The summed E-state index contributed by atoms with van der Waals surface area (Å²) in [5.41, 5.74) is 0.173. The molecular formula is C10H16N4O3. The molecule has 1 rings (SSSR count). The normalized spacial score (nSPS) is 10.1. The van der Waals surface area contributed by atoms with Crippen LogP contribution in [0.15, 0.2) is 6.20 Å². The van der Waals surface area contributed by atoms with Crippen molar-refractivity contribution in [2.45, 2.75) is 19.4 Å². The predicted molar refractivity (Wildman–Crippen MR) is 59.3 cm³/mol. The molecule has 0 saturated heterocycles. The zero-order valence-electron chi connectivity index (χ0n) is 10.2. The summed E-state index contributed by atoms with van der Waals surface area (Å²) in [6.45, 7) is 0.545. The number of hydrogen-bond acceptors (Lipinski definition) is 5. The van der Waals surface area contributed by atoms with Crippen LogP contribution in [0, 0.1) is 0 Å². The quantitative estimate of drug-likeness (QED) is 0.673. The molecule has 0 saturated carbocycles. The van der Waals surface area contributed by atoms with Crippen LogP contribution in [0.2, 0.25) is 0 Å². The van der Waals surface area contributed by atoms with Gasteiger partial charge in [-0.15, -0.1) is 5.10 Å². The van der Waals surface area contributed by atoms with E-state index >= 15 is 0 Å². The summed E-state index contributed by atoms with van der Waals surface area (Å²) in [5.74, 6) is -0.445. The van der Waals surface area contributed by atoms with E-state index in [1.807, 2.05) is 0 Å². The van der Waals surface area contributed by atoms with E-state index in [1.54, 1.807) is 19.0 Å². The molecule has 1 amide bonds. The first-order valence-electron chi connectivity index (χ1n) is 5.23. The second kappa shape index (κ2) is 5.97. The van der Waals surface area contributed by atoms with Crippen molar-refractivity contribution in [1.82, 2.24) is 19.9 Å². The van der Waals surface area contributed by atoms with Gasteiger partial charge in [-0.3, -0.25) is 9.48 Å². The molecule has 0 spiro atoms. The number of carbonyl (C=O) groups excluding carboxylic acids is 2. The molecule has 1 aromatic heterocycles. The minimum absolute atomic E-state index is 0.0679. The third kappa shape index (κ3) is 3.86. The Labute approximate surface area is 99.3 Å². The lowest BCUT2D eigenvalue weighted by atomic mass is 10.3. The van der Waals surface area contributed by atoms with Crippen molar-refractivity contribution in [3.63, 3.8) is 0 Å². The molecule has 0 aliphatic rings. The fraction of sp³-hybridized carbons (Fsp3) is 0.600. The highest BCUT2D eigenvalue weighted by Gasteiger charge is 2.10. The van der Waals surface area contributed by atoms with E-state index in [2.05, 4.69) is 15.0 Å². The zero-order chi connectivity index (χ0) is 12.8. The molecule has 17 heavy (non-hydrogen) atoms. The van der Waals surface area contributed by atoms with Crippen LogP contribution in [0.1, 0.15) is 23.3 Å². The first-order valence-corrected chi connectivity index (χ1v) is 5.23. The summed E-state index contributed by atoms with van der Waals surface area (Å²) in [6, 6.07) is 0. The Balaban J connectivity index is 2.40. The minimum Gasteiger partial charge on any atom is -0.464 e. The van der Waals surface area contributed by atoms with Gasteiger partial charge in [0.1, 0.15) is 0 Å². The zero-order valence-corrected chi connectivity index (χ0v) is 10.2. The molecule has 0 aromatic carbocycles. The molecule has 1 heterocycles. The Morgan fingerprint density at radius 3 is 2.76 bits per heavy atom. The van der Waals surface area contributed by atoms with Gasteiger partial charge in [-0.2, -0.15) is 0 Å². The Kier molecular flexibility index (Phi) is 4.62. The molecule has 0 N–H and O–H groups in total. The number of methoxy groups -OCH3 is 1. The SMILES string of the molecule is COC(=O)c1cn(CCCC(=O)N(C)C)nn1. The van der Waals surface area contributed by atoms with Crippen molar-refractivity contribution in [3.8, 4) is 0 Å². The van der Waals surface area contributed by atoms with Gasteiger partial charge >= 0.3 is 5.97 Å². The number of ether oxygens (including phenoxy) is 1. The Morgan fingerprint density at radius 1 is 1.47 bits per heavy atom. The van der Waals surface area contributed by atoms with Gasteiger partial charge < -0.3 is 9.64 Å². The Bertz CT molecular complexity index is 400. The summed E-state index contributed by atoms with van der Waals surface area (Å²) in [7, 11) is 4.72. The minimum atomic E-state index is -0.513. The lowest BCUT2D eigenvalue weighted by Crippen LogP contribution is -2.21. The molecule has 0 unspecified atom stereocenters. The maximum Gasteiger partial charge on any atom is 0.360 e. The monoisotopic (exact) mass is 240 g/mol. The van der Waals surface area contributed by atoms with Crippen molar-refractivity contribution in [3.05, 3.63) is 11.9 Å². The van der Waals surface area contributed by atoms with E-state index in [0.717, 1.165) is 0 Å². The van der Waals surface area contributed by atoms with E-state index < -0.39 is 5.97 Å². The lowest BCUT2D eigenvalue weighted by Gasteiger charge is -2.09. The second-order valence-electron chi connectivity index (χ2n) is 3.75. The standard InChI is InChI=1S/C10H16N4O3/c1-13(2)9(15)5-4-6-14-7-8(11-12-14)10(16)17-3/h7H,4-6H2,1-3H3. The number of nitrogens with zero attached hydrogens (tertiary/aromatic N) is 4. The first-order chi connectivity index (χ1) is 8.04. The van der Waals surface area contributed by atoms with E-state index in [9.17, 15) is 9.59 Å². The highest BCUT2D eigenvalue weighted by Crippen LogP contribution is 2.00. The molecule has 0 aliphatic carbocycles. The average molecular weight is 240 g/mol. The maximum absolute atomic E-state index is 11.3. The lowest BCUT2D eigenvalue weighted by molar-refractivity contribution is -0.128. The second-order valence-corrected chi connectivity index (χ2v) is 3.75. The van der Waals surface area contributed by atoms with Gasteiger partial charge in [0.05, 0.1) is 13.3 Å². The fourth-order valence-electron chi connectivity index (χ4n) is 1.22. The van der Waals surface area contributed by atoms with Gasteiger partial charge in [0.25, 0.3) is 0 Å². The highest BCUT2D eigenvalue weighted by atomic mass is 16.5. The van der Waals surface area contributed by atoms with Gasteiger partial charge in [0.2, 0.25) is 5.91 Å². The van der Waals surface area contributed by atoms with Crippen LogP contribution in [-0.2, 0) is 16.1 Å². The van der Waals surface area contributed by atoms with Crippen molar-refractivity contribution < 1.29 is 14.3 Å². The van der Waals surface area contributed by atoms with Gasteiger partial charge in [0.15, 0.2) is 5.69 Å². The fourth-order valence-corrected chi connectivity index (χ4v) is 1.22. The van der Waals surface area contributed by atoms with Crippen LogP contribution in [0.4, 0.5) is 0 Å². The summed E-state index contributed by atoms with van der Waals surface area (Å²) >= 11 is 0.